The first-order valence-corrected chi connectivity index (χ1v) is 9.30. The summed E-state index contributed by atoms with van der Waals surface area (Å²) in [6, 6.07) is 13.4. The number of allylic oxidation sites excluding steroid dienone is 1. The zero-order valence-corrected chi connectivity index (χ0v) is 16.1. The number of hydrogen-bond acceptors (Lipinski definition) is 7. The van der Waals surface area contributed by atoms with Crippen molar-refractivity contribution in [3.8, 4) is 40.3 Å². The first-order chi connectivity index (χ1) is 13.7. The number of nitriles is 1. The third-order valence-corrected chi connectivity index (χ3v) is 5.13. The predicted octanol–water partition coefficient (Wildman–Crippen LogP) is 4.62. The topological polar surface area (TPSA) is 73.6 Å². The minimum absolute atomic E-state index is 0.227. The average Bonchev–Trinajstić information content (AvgIpc) is 3.40. The summed E-state index contributed by atoms with van der Waals surface area (Å²) in [5.74, 6) is 2.60. The minimum Gasteiger partial charge on any atom is -0.493 e. The molecule has 1 aliphatic rings. The number of ether oxygens (including phenoxy) is 4. The molecule has 0 saturated heterocycles. The second-order valence-electron chi connectivity index (χ2n) is 5.86. The molecule has 28 heavy (non-hydrogen) atoms. The van der Waals surface area contributed by atoms with E-state index in [2.05, 4.69) is 11.1 Å². The van der Waals surface area contributed by atoms with E-state index in [-0.39, 0.29) is 6.79 Å². The molecule has 0 fully saturated rings. The molecule has 0 atom stereocenters. The normalized spacial score (nSPS) is 12.5. The van der Waals surface area contributed by atoms with E-state index in [1.165, 1.54) is 11.3 Å². The van der Waals surface area contributed by atoms with Crippen LogP contribution in [-0.4, -0.2) is 26.0 Å². The van der Waals surface area contributed by atoms with Crippen molar-refractivity contribution >= 4 is 23.0 Å². The van der Waals surface area contributed by atoms with Crippen LogP contribution in [0.3, 0.4) is 0 Å². The Hall–Kier alpha value is -3.50. The lowest BCUT2D eigenvalue weighted by Gasteiger charge is -2.10. The molecule has 2 heterocycles. The Morgan fingerprint density at radius 3 is 2.82 bits per heavy atom. The molecule has 2 aromatic carbocycles. The number of hydrogen-bond donors (Lipinski definition) is 0. The Balaban J connectivity index is 1.69. The van der Waals surface area contributed by atoms with Gasteiger partial charge >= 0.3 is 0 Å². The van der Waals surface area contributed by atoms with E-state index in [1.54, 1.807) is 20.3 Å². The van der Waals surface area contributed by atoms with Crippen molar-refractivity contribution in [2.45, 2.75) is 0 Å². The van der Waals surface area contributed by atoms with E-state index in [1.807, 2.05) is 41.8 Å². The highest BCUT2D eigenvalue weighted by molar-refractivity contribution is 7.11. The fraction of sp³-hybridized carbons (Fsp3) is 0.143. The first-order valence-electron chi connectivity index (χ1n) is 8.42. The molecule has 0 aliphatic carbocycles. The number of para-hydroxylation sites is 1. The SMILES string of the molecule is COc1cccc(C=C(C#N)c2nc(-c3ccc4c(c3)OCO4)cs2)c1OC. The highest BCUT2D eigenvalue weighted by Gasteiger charge is 2.16. The van der Waals surface area contributed by atoms with Crippen LogP contribution in [0.15, 0.2) is 41.8 Å². The molecule has 3 aromatic rings. The highest BCUT2D eigenvalue weighted by Crippen LogP contribution is 2.37. The van der Waals surface area contributed by atoms with Gasteiger partial charge in [0.15, 0.2) is 23.0 Å². The molecular weight excluding hydrogens is 376 g/mol. The van der Waals surface area contributed by atoms with Crippen LogP contribution in [0.5, 0.6) is 23.0 Å². The Kier molecular flexibility index (Phi) is 4.87. The van der Waals surface area contributed by atoms with Crippen LogP contribution in [0.2, 0.25) is 0 Å². The molecule has 0 unspecified atom stereocenters. The molecule has 0 spiro atoms. The zero-order chi connectivity index (χ0) is 19.5. The number of fused-ring (bicyclic) bond motifs is 1. The molecule has 0 saturated carbocycles. The van der Waals surface area contributed by atoms with Crippen molar-refractivity contribution in [2.24, 2.45) is 0 Å². The molecule has 0 bridgehead atoms. The van der Waals surface area contributed by atoms with Crippen molar-refractivity contribution in [1.82, 2.24) is 4.98 Å². The lowest BCUT2D eigenvalue weighted by Crippen LogP contribution is -1.93. The molecule has 4 rings (SSSR count). The summed E-state index contributed by atoms with van der Waals surface area (Å²) in [5.41, 5.74) is 2.88. The minimum atomic E-state index is 0.227. The van der Waals surface area contributed by atoms with Crippen LogP contribution >= 0.6 is 11.3 Å². The van der Waals surface area contributed by atoms with Crippen molar-refractivity contribution in [3.05, 3.63) is 52.3 Å². The fourth-order valence-corrected chi connectivity index (χ4v) is 3.70. The summed E-state index contributed by atoms with van der Waals surface area (Å²) >= 11 is 1.41. The van der Waals surface area contributed by atoms with Crippen LogP contribution in [0.4, 0.5) is 0 Å². The van der Waals surface area contributed by atoms with Crippen LogP contribution in [-0.2, 0) is 0 Å². The predicted molar refractivity (Wildman–Crippen MR) is 107 cm³/mol. The van der Waals surface area contributed by atoms with Crippen molar-refractivity contribution in [3.63, 3.8) is 0 Å². The van der Waals surface area contributed by atoms with Gasteiger partial charge in [-0.25, -0.2) is 4.98 Å². The zero-order valence-electron chi connectivity index (χ0n) is 15.3. The number of methoxy groups -OCH3 is 2. The van der Waals surface area contributed by atoms with E-state index in [0.717, 1.165) is 22.6 Å². The maximum Gasteiger partial charge on any atom is 0.231 e. The molecule has 0 radical (unpaired) electrons. The molecule has 7 heteroatoms. The van der Waals surface area contributed by atoms with Crippen molar-refractivity contribution in [1.29, 1.82) is 5.26 Å². The molecule has 1 aromatic heterocycles. The Bertz CT molecular complexity index is 1100. The Morgan fingerprint density at radius 2 is 2.04 bits per heavy atom. The molecular formula is C21H16N2O4S. The second kappa shape index (κ2) is 7.62. The summed E-state index contributed by atoms with van der Waals surface area (Å²) in [6.45, 7) is 0.227. The van der Waals surface area contributed by atoms with Gasteiger partial charge in [-0.15, -0.1) is 11.3 Å². The summed E-state index contributed by atoms with van der Waals surface area (Å²) in [7, 11) is 3.15. The standard InChI is InChI=1S/C21H16N2O4S/c1-24-18-5-3-4-14(20(18)25-2)8-15(10-22)21-23-16(11-28-21)13-6-7-17-19(9-13)27-12-26-17/h3-9,11H,12H2,1-2H3. The van der Waals surface area contributed by atoms with E-state index in [4.69, 9.17) is 18.9 Å². The quantitative estimate of drug-likeness (QED) is 0.590. The average molecular weight is 392 g/mol. The van der Waals surface area contributed by atoms with Crippen LogP contribution < -0.4 is 18.9 Å². The number of benzene rings is 2. The largest absolute Gasteiger partial charge is 0.493 e. The van der Waals surface area contributed by atoms with Crippen LogP contribution in [0, 0.1) is 11.3 Å². The van der Waals surface area contributed by atoms with Gasteiger partial charge in [-0.2, -0.15) is 5.26 Å². The van der Waals surface area contributed by atoms with Crippen molar-refractivity contribution < 1.29 is 18.9 Å². The van der Waals surface area contributed by atoms with Gasteiger partial charge in [0.25, 0.3) is 0 Å². The smallest absolute Gasteiger partial charge is 0.231 e. The molecule has 140 valence electrons. The van der Waals surface area contributed by atoms with Gasteiger partial charge in [0, 0.05) is 16.5 Å². The molecule has 1 aliphatic heterocycles. The lowest BCUT2D eigenvalue weighted by molar-refractivity contribution is 0.174. The molecule has 6 nitrogen and oxygen atoms in total. The van der Waals surface area contributed by atoms with Gasteiger partial charge in [-0.3, -0.25) is 0 Å². The van der Waals surface area contributed by atoms with Gasteiger partial charge in [0.05, 0.1) is 25.5 Å². The second-order valence-corrected chi connectivity index (χ2v) is 6.72. The van der Waals surface area contributed by atoms with Gasteiger partial charge in [0.2, 0.25) is 6.79 Å². The third-order valence-electron chi connectivity index (χ3n) is 4.26. The van der Waals surface area contributed by atoms with Gasteiger partial charge in [-0.05, 0) is 30.3 Å². The highest BCUT2D eigenvalue weighted by atomic mass is 32.1. The van der Waals surface area contributed by atoms with Crippen molar-refractivity contribution in [2.75, 3.05) is 21.0 Å². The van der Waals surface area contributed by atoms with Crippen LogP contribution in [0.1, 0.15) is 10.6 Å². The maximum atomic E-state index is 9.68. The number of thiazole rings is 1. The number of aromatic nitrogens is 1. The van der Waals surface area contributed by atoms with E-state index >= 15 is 0 Å². The summed E-state index contributed by atoms with van der Waals surface area (Å²) in [5, 5.41) is 12.2. The Morgan fingerprint density at radius 1 is 1.18 bits per heavy atom. The summed E-state index contributed by atoms with van der Waals surface area (Å²) in [4.78, 5) is 4.63. The number of nitrogens with zero attached hydrogens (tertiary/aromatic N) is 2. The van der Waals surface area contributed by atoms with E-state index in [0.29, 0.717) is 27.8 Å². The van der Waals surface area contributed by atoms with E-state index < -0.39 is 0 Å². The molecule has 0 amide bonds. The van der Waals surface area contributed by atoms with Crippen LogP contribution in [0.25, 0.3) is 22.9 Å². The summed E-state index contributed by atoms with van der Waals surface area (Å²) in [6.07, 6.45) is 1.75. The Labute approximate surface area is 166 Å². The maximum absolute atomic E-state index is 9.68. The number of rotatable bonds is 5. The lowest BCUT2D eigenvalue weighted by atomic mass is 10.1. The third kappa shape index (κ3) is 3.26. The fourth-order valence-electron chi connectivity index (χ4n) is 2.91. The van der Waals surface area contributed by atoms with E-state index in [9.17, 15) is 5.26 Å². The monoisotopic (exact) mass is 392 g/mol. The van der Waals surface area contributed by atoms with Gasteiger partial charge in [0.1, 0.15) is 11.1 Å². The first kappa shape index (κ1) is 17.9. The van der Waals surface area contributed by atoms with Gasteiger partial charge < -0.3 is 18.9 Å². The summed E-state index contributed by atoms with van der Waals surface area (Å²) < 4.78 is 21.5. The molecule has 0 N–H and O–H groups in total. The van der Waals surface area contributed by atoms with Gasteiger partial charge in [-0.1, -0.05) is 12.1 Å².